The molecule has 1 aliphatic rings. The summed E-state index contributed by atoms with van der Waals surface area (Å²) in [5.41, 5.74) is 0.512. The number of anilines is 1. The molecule has 122 valence electrons. The molecule has 0 saturated carbocycles. The molecule has 22 heavy (non-hydrogen) atoms. The number of amides is 1. The SMILES string of the molecule is CC(C)(C)OC(=O)NCCNc1cc(C2CCOC2)ncn1. The monoisotopic (exact) mass is 308 g/mol. The van der Waals surface area contributed by atoms with Crippen LogP contribution in [0.3, 0.4) is 0 Å². The first kappa shape index (κ1) is 16.5. The van der Waals surface area contributed by atoms with E-state index in [0.29, 0.717) is 19.0 Å². The van der Waals surface area contributed by atoms with E-state index in [0.717, 1.165) is 31.1 Å². The fourth-order valence-electron chi connectivity index (χ4n) is 2.13. The molecule has 1 aromatic heterocycles. The van der Waals surface area contributed by atoms with Gasteiger partial charge in [0.2, 0.25) is 0 Å². The highest BCUT2D eigenvalue weighted by molar-refractivity contribution is 5.67. The molecule has 2 rings (SSSR count). The van der Waals surface area contributed by atoms with Crippen LogP contribution >= 0.6 is 0 Å². The van der Waals surface area contributed by atoms with Crippen molar-refractivity contribution in [1.29, 1.82) is 0 Å². The molecule has 0 aliphatic carbocycles. The molecule has 0 aromatic carbocycles. The quantitative estimate of drug-likeness (QED) is 0.808. The summed E-state index contributed by atoms with van der Waals surface area (Å²) >= 11 is 0. The summed E-state index contributed by atoms with van der Waals surface area (Å²) in [6.07, 6.45) is 2.13. The summed E-state index contributed by atoms with van der Waals surface area (Å²) in [7, 11) is 0. The van der Waals surface area contributed by atoms with Crippen LogP contribution in [0.5, 0.6) is 0 Å². The van der Waals surface area contributed by atoms with Crippen LogP contribution in [0.15, 0.2) is 12.4 Å². The second-order valence-corrected chi connectivity index (χ2v) is 6.24. The van der Waals surface area contributed by atoms with Crippen LogP contribution in [-0.2, 0) is 9.47 Å². The van der Waals surface area contributed by atoms with Crippen LogP contribution in [-0.4, -0.2) is 48.0 Å². The van der Waals surface area contributed by atoms with Crippen molar-refractivity contribution in [3.63, 3.8) is 0 Å². The number of ether oxygens (including phenoxy) is 2. The zero-order valence-electron chi connectivity index (χ0n) is 13.4. The van der Waals surface area contributed by atoms with Gasteiger partial charge in [-0.1, -0.05) is 0 Å². The van der Waals surface area contributed by atoms with E-state index in [1.807, 2.05) is 26.8 Å². The van der Waals surface area contributed by atoms with E-state index in [9.17, 15) is 4.79 Å². The predicted octanol–water partition coefficient (Wildman–Crippen LogP) is 1.92. The predicted molar refractivity (Wildman–Crippen MR) is 82.9 cm³/mol. The van der Waals surface area contributed by atoms with Gasteiger partial charge in [0.1, 0.15) is 17.7 Å². The molecule has 2 heterocycles. The molecule has 1 aromatic rings. The Labute approximate surface area is 130 Å². The van der Waals surface area contributed by atoms with Gasteiger partial charge in [0.05, 0.1) is 12.3 Å². The largest absolute Gasteiger partial charge is 0.444 e. The highest BCUT2D eigenvalue weighted by Crippen LogP contribution is 2.24. The lowest BCUT2D eigenvalue weighted by Gasteiger charge is -2.19. The van der Waals surface area contributed by atoms with E-state index < -0.39 is 11.7 Å². The summed E-state index contributed by atoms with van der Waals surface area (Å²) in [4.78, 5) is 20.0. The second kappa shape index (κ2) is 7.40. The molecule has 0 spiro atoms. The fraction of sp³-hybridized carbons (Fsp3) is 0.667. The Morgan fingerprint density at radius 3 is 2.91 bits per heavy atom. The van der Waals surface area contributed by atoms with E-state index in [-0.39, 0.29) is 0 Å². The highest BCUT2D eigenvalue weighted by Gasteiger charge is 2.19. The number of carbonyl (C=O) groups is 1. The van der Waals surface area contributed by atoms with Gasteiger partial charge < -0.3 is 20.1 Å². The van der Waals surface area contributed by atoms with Gasteiger partial charge in [0.15, 0.2) is 0 Å². The maximum atomic E-state index is 11.5. The maximum absolute atomic E-state index is 11.5. The molecular weight excluding hydrogens is 284 g/mol. The summed E-state index contributed by atoms with van der Waals surface area (Å²) < 4.78 is 10.5. The zero-order chi connectivity index (χ0) is 16.0. The van der Waals surface area contributed by atoms with Gasteiger partial charge in [0, 0.05) is 31.7 Å². The van der Waals surface area contributed by atoms with E-state index in [1.165, 1.54) is 0 Å². The topological polar surface area (TPSA) is 85.4 Å². The average Bonchev–Trinajstić information content (AvgIpc) is 2.96. The van der Waals surface area contributed by atoms with Crippen molar-refractivity contribution in [2.45, 2.75) is 38.7 Å². The van der Waals surface area contributed by atoms with E-state index >= 15 is 0 Å². The van der Waals surface area contributed by atoms with Crippen molar-refractivity contribution in [2.24, 2.45) is 0 Å². The Hall–Kier alpha value is -1.89. The van der Waals surface area contributed by atoms with Crippen molar-refractivity contribution in [2.75, 3.05) is 31.6 Å². The molecular formula is C15H24N4O3. The minimum Gasteiger partial charge on any atom is -0.444 e. The van der Waals surface area contributed by atoms with Crippen molar-refractivity contribution in [3.8, 4) is 0 Å². The third kappa shape index (κ3) is 5.48. The first-order valence-electron chi connectivity index (χ1n) is 7.54. The Morgan fingerprint density at radius 1 is 1.41 bits per heavy atom. The number of hydrogen-bond donors (Lipinski definition) is 2. The third-order valence-electron chi connectivity index (χ3n) is 3.14. The Morgan fingerprint density at radius 2 is 2.23 bits per heavy atom. The standard InChI is InChI=1S/C15H24N4O3/c1-15(2,3)22-14(20)17-6-5-16-13-8-12(18-10-19-13)11-4-7-21-9-11/h8,10-11H,4-7,9H2,1-3H3,(H,17,20)(H,16,18,19). The van der Waals surface area contributed by atoms with Crippen molar-refractivity contribution < 1.29 is 14.3 Å². The van der Waals surface area contributed by atoms with Gasteiger partial charge in [-0.05, 0) is 27.2 Å². The number of aromatic nitrogens is 2. The van der Waals surface area contributed by atoms with E-state index in [2.05, 4.69) is 20.6 Å². The zero-order valence-corrected chi connectivity index (χ0v) is 13.4. The van der Waals surface area contributed by atoms with Crippen LogP contribution in [0, 0.1) is 0 Å². The summed E-state index contributed by atoms with van der Waals surface area (Å²) in [6.45, 7) is 8.03. The number of hydrogen-bond acceptors (Lipinski definition) is 6. The number of nitrogens with zero attached hydrogens (tertiary/aromatic N) is 2. The number of alkyl carbamates (subject to hydrolysis) is 1. The Balaban J connectivity index is 1.73. The summed E-state index contributed by atoms with van der Waals surface area (Å²) in [5.74, 6) is 1.10. The van der Waals surface area contributed by atoms with Gasteiger partial charge >= 0.3 is 6.09 Å². The van der Waals surface area contributed by atoms with Crippen LogP contribution < -0.4 is 10.6 Å². The molecule has 0 radical (unpaired) electrons. The molecule has 1 fully saturated rings. The lowest BCUT2D eigenvalue weighted by Crippen LogP contribution is -2.35. The molecule has 1 aliphatic heterocycles. The van der Waals surface area contributed by atoms with Crippen LogP contribution in [0.1, 0.15) is 38.8 Å². The Kier molecular flexibility index (Phi) is 5.54. The normalized spacial score (nSPS) is 18.0. The molecule has 7 heteroatoms. The number of nitrogens with one attached hydrogen (secondary N) is 2. The van der Waals surface area contributed by atoms with Gasteiger partial charge in [-0.15, -0.1) is 0 Å². The Bertz CT molecular complexity index is 496. The van der Waals surface area contributed by atoms with Crippen molar-refractivity contribution in [3.05, 3.63) is 18.1 Å². The van der Waals surface area contributed by atoms with E-state index in [4.69, 9.17) is 9.47 Å². The second-order valence-electron chi connectivity index (χ2n) is 6.24. The first-order valence-corrected chi connectivity index (χ1v) is 7.54. The molecule has 1 unspecified atom stereocenters. The van der Waals surface area contributed by atoms with Gasteiger partial charge in [-0.25, -0.2) is 14.8 Å². The van der Waals surface area contributed by atoms with E-state index in [1.54, 1.807) is 6.33 Å². The molecule has 1 atom stereocenters. The average molecular weight is 308 g/mol. The summed E-state index contributed by atoms with van der Waals surface area (Å²) in [6, 6.07) is 1.94. The molecule has 1 amide bonds. The lowest BCUT2D eigenvalue weighted by atomic mass is 10.1. The fourth-order valence-corrected chi connectivity index (χ4v) is 2.13. The van der Waals surface area contributed by atoms with Gasteiger partial charge in [-0.2, -0.15) is 0 Å². The number of carbonyl (C=O) groups excluding carboxylic acids is 1. The van der Waals surface area contributed by atoms with Gasteiger partial charge in [-0.3, -0.25) is 0 Å². The smallest absolute Gasteiger partial charge is 0.407 e. The van der Waals surface area contributed by atoms with Crippen LogP contribution in [0.4, 0.5) is 10.6 Å². The molecule has 2 N–H and O–H groups in total. The highest BCUT2D eigenvalue weighted by atomic mass is 16.6. The first-order chi connectivity index (χ1) is 10.4. The molecule has 1 saturated heterocycles. The van der Waals surface area contributed by atoms with Crippen LogP contribution in [0.25, 0.3) is 0 Å². The minimum absolute atomic E-state index is 0.350. The molecule has 0 bridgehead atoms. The minimum atomic E-state index is -0.484. The third-order valence-corrected chi connectivity index (χ3v) is 3.14. The molecule has 7 nitrogen and oxygen atoms in total. The number of rotatable bonds is 5. The van der Waals surface area contributed by atoms with Gasteiger partial charge in [0.25, 0.3) is 0 Å². The summed E-state index contributed by atoms with van der Waals surface area (Å²) in [5, 5.41) is 5.86. The van der Waals surface area contributed by atoms with Crippen molar-refractivity contribution >= 4 is 11.9 Å². The maximum Gasteiger partial charge on any atom is 0.407 e. The lowest BCUT2D eigenvalue weighted by molar-refractivity contribution is 0.0530. The van der Waals surface area contributed by atoms with Crippen LogP contribution in [0.2, 0.25) is 0 Å². The van der Waals surface area contributed by atoms with Crippen molar-refractivity contribution in [1.82, 2.24) is 15.3 Å².